The third-order valence-electron chi connectivity index (χ3n) is 6.38. The van der Waals surface area contributed by atoms with Gasteiger partial charge in [-0.25, -0.2) is 0 Å². The first-order valence-electron chi connectivity index (χ1n) is 11.0. The summed E-state index contributed by atoms with van der Waals surface area (Å²) in [7, 11) is 1.17. The molecule has 6 heteroatoms. The van der Waals surface area contributed by atoms with E-state index >= 15 is 0 Å². The van der Waals surface area contributed by atoms with Crippen LogP contribution in [0.25, 0.3) is 0 Å². The second kappa shape index (κ2) is 11.4. The number of rotatable bonds is 7. The van der Waals surface area contributed by atoms with E-state index in [0.29, 0.717) is 23.3 Å². The lowest BCUT2D eigenvalue weighted by molar-refractivity contribution is 0.110. The van der Waals surface area contributed by atoms with Crippen molar-refractivity contribution in [2.75, 3.05) is 32.4 Å². The highest BCUT2D eigenvalue weighted by atomic mass is 32.2. The fraction of sp³-hybridized carbons (Fsp3) is 0.952. The van der Waals surface area contributed by atoms with Crippen LogP contribution in [0.1, 0.15) is 66.2 Å². The minimum absolute atomic E-state index is 0.345. The summed E-state index contributed by atoms with van der Waals surface area (Å²) in [4.78, 5) is 7.12. The van der Waals surface area contributed by atoms with Crippen molar-refractivity contribution in [3.05, 3.63) is 0 Å². The standard InChI is InChI=1S/C21H42N4OS/c1-6-27(26)19-9-7-8-18(14-19)24-21(22-5)23-15-20(16(2)3)25-12-10-17(4)11-13-25/h16-20H,6-15H2,1-5H3,(H2,22,23,24). The summed E-state index contributed by atoms with van der Waals surface area (Å²) in [6, 6.07) is 0.932. The predicted molar refractivity (Wildman–Crippen MR) is 118 cm³/mol. The number of nitrogens with zero attached hydrogens (tertiary/aromatic N) is 2. The van der Waals surface area contributed by atoms with E-state index in [-0.39, 0.29) is 0 Å². The molecule has 4 unspecified atom stereocenters. The zero-order valence-electron chi connectivity index (χ0n) is 18.2. The molecule has 1 saturated heterocycles. The molecule has 2 aliphatic rings. The van der Waals surface area contributed by atoms with Crippen molar-refractivity contribution < 1.29 is 4.21 Å². The van der Waals surface area contributed by atoms with Gasteiger partial charge in [0.05, 0.1) is 0 Å². The largest absolute Gasteiger partial charge is 0.355 e. The molecule has 0 aromatic rings. The molecule has 1 heterocycles. The molecule has 0 spiro atoms. The Balaban J connectivity index is 1.85. The molecule has 1 saturated carbocycles. The highest BCUT2D eigenvalue weighted by Gasteiger charge is 2.28. The van der Waals surface area contributed by atoms with Gasteiger partial charge < -0.3 is 10.6 Å². The Kier molecular flexibility index (Phi) is 9.57. The number of likely N-dealkylation sites (tertiary alicyclic amines) is 1. The van der Waals surface area contributed by atoms with Crippen LogP contribution in [-0.4, -0.2) is 64.8 Å². The topological polar surface area (TPSA) is 56.7 Å². The third-order valence-corrected chi connectivity index (χ3v) is 8.12. The molecule has 2 N–H and O–H groups in total. The number of piperidine rings is 1. The molecule has 0 radical (unpaired) electrons. The van der Waals surface area contributed by atoms with Crippen molar-refractivity contribution in [3.63, 3.8) is 0 Å². The van der Waals surface area contributed by atoms with Crippen LogP contribution in [0.4, 0.5) is 0 Å². The van der Waals surface area contributed by atoms with Gasteiger partial charge in [-0.15, -0.1) is 0 Å². The van der Waals surface area contributed by atoms with Gasteiger partial charge in [0, 0.05) is 47.5 Å². The van der Waals surface area contributed by atoms with Gasteiger partial charge >= 0.3 is 0 Å². The van der Waals surface area contributed by atoms with Crippen LogP contribution in [0.5, 0.6) is 0 Å². The smallest absolute Gasteiger partial charge is 0.191 e. The van der Waals surface area contributed by atoms with Gasteiger partial charge in [-0.3, -0.25) is 14.1 Å². The van der Waals surface area contributed by atoms with Crippen molar-refractivity contribution in [3.8, 4) is 0 Å². The second-order valence-electron chi connectivity index (χ2n) is 8.78. The van der Waals surface area contributed by atoms with E-state index in [1.54, 1.807) is 0 Å². The Hall–Kier alpha value is -0.620. The van der Waals surface area contributed by atoms with Gasteiger partial charge in [-0.1, -0.05) is 34.1 Å². The number of guanidine groups is 1. The Morgan fingerprint density at radius 1 is 1.22 bits per heavy atom. The third kappa shape index (κ3) is 7.04. The summed E-state index contributed by atoms with van der Waals surface area (Å²) >= 11 is 0. The highest BCUT2D eigenvalue weighted by molar-refractivity contribution is 7.85. The molecule has 1 aliphatic heterocycles. The maximum absolute atomic E-state index is 12.2. The van der Waals surface area contributed by atoms with Crippen LogP contribution in [0.15, 0.2) is 4.99 Å². The summed E-state index contributed by atoms with van der Waals surface area (Å²) in [5.41, 5.74) is 0. The molecule has 2 fully saturated rings. The molecule has 4 atom stereocenters. The molecule has 0 amide bonds. The highest BCUT2D eigenvalue weighted by Crippen LogP contribution is 2.23. The molecular weight excluding hydrogens is 356 g/mol. The average molecular weight is 399 g/mol. The zero-order chi connectivity index (χ0) is 19.8. The fourth-order valence-electron chi connectivity index (χ4n) is 4.49. The Morgan fingerprint density at radius 3 is 2.52 bits per heavy atom. The number of aliphatic imine (C=N–C) groups is 1. The maximum Gasteiger partial charge on any atom is 0.191 e. The Labute approximate surface area is 169 Å². The van der Waals surface area contributed by atoms with Crippen molar-refractivity contribution in [1.29, 1.82) is 0 Å². The van der Waals surface area contributed by atoms with Gasteiger partial charge in [0.25, 0.3) is 0 Å². The van der Waals surface area contributed by atoms with E-state index in [0.717, 1.165) is 49.9 Å². The van der Waals surface area contributed by atoms with E-state index in [2.05, 4.69) is 41.3 Å². The lowest BCUT2D eigenvalue weighted by Crippen LogP contribution is -2.53. The Bertz CT molecular complexity index is 489. The normalized spacial score (nSPS) is 28.1. The molecule has 1 aliphatic carbocycles. The first-order valence-corrected chi connectivity index (χ1v) is 12.4. The number of nitrogens with one attached hydrogen (secondary N) is 2. The van der Waals surface area contributed by atoms with Crippen LogP contribution < -0.4 is 10.6 Å². The second-order valence-corrected chi connectivity index (χ2v) is 10.8. The minimum atomic E-state index is -0.682. The lowest BCUT2D eigenvalue weighted by Gasteiger charge is -2.39. The molecule has 158 valence electrons. The summed E-state index contributed by atoms with van der Waals surface area (Å²) in [6.45, 7) is 12.4. The molecule has 0 aromatic heterocycles. The monoisotopic (exact) mass is 398 g/mol. The maximum atomic E-state index is 12.2. The number of hydrogen-bond donors (Lipinski definition) is 2. The first kappa shape index (κ1) is 22.7. The summed E-state index contributed by atoms with van der Waals surface area (Å²) in [6.07, 6.45) is 7.04. The van der Waals surface area contributed by atoms with Crippen molar-refractivity contribution in [2.24, 2.45) is 16.8 Å². The van der Waals surface area contributed by atoms with Crippen LogP contribution in [-0.2, 0) is 10.8 Å². The van der Waals surface area contributed by atoms with E-state index in [1.807, 2.05) is 14.0 Å². The van der Waals surface area contributed by atoms with Crippen LogP contribution in [0.2, 0.25) is 0 Å². The zero-order valence-corrected chi connectivity index (χ0v) is 19.0. The van der Waals surface area contributed by atoms with Crippen molar-refractivity contribution in [1.82, 2.24) is 15.5 Å². The molecule has 2 rings (SSSR count). The van der Waals surface area contributed by atoms with E-state index in [1.165, 1.54) is 25.9 Å². The van der Waals surface area contributed by atoms with E-state index in [4.69, 9.17) is 0 Å². The Morgan fingerprint density at radius 2 is 1.93 bits per heavy atom. The molecule has 0 bridgehead atoms. The first-order chi connectivity index (χ1) is 12.9. The van der Waals surface area contributed by atoms with Crippen molar-refractivity contribution in [2.45, 2.75) is 83.6 Å². The fourth-order valence-corrected chi connectivity index (χ4v) is 5.83. The predicted octanol–water partition coefficient (Wildman–Crippen LogP) is 2.99. The molecule has 5 nitrogen and oxygen atoms in total. The van der Waals surface area contributed by atoms with Crippen LogP contribution >= 0.6 is 0 Å². The quantitative estimate of drug-likeness (QED) is 0.511. The average Bonchev–Trinajstić information content (AvgIpc) is 2.67. The summed E-state index contributed by atoms with van der Waals surface area (Å²) in [5, 5.41) is 7.54. The number of hydrogen-bond acceptors (Lipinski definition) is 3. The summed E-state index contributed by atoms with van der Waals surface area (Å²) in [5.74, 6) is 3.16. The van der Waals surface area contributed by atoms with E-state index < -0.39 is 10.8 Å². The molecule has 0 aromatic carbocycles. The molecule has 27 heavy (non-hydrogen) atoms. The van der Waals surface area contributed by atoms with Crippen LogP contribution in [0.3, 0.4) is 0 Å². The van der Waals surface area contributed by atoms with Crippen molar-refractivity contribution >= 4 is 16.8 Å². The van der Waals surface area contributed by atoms with Gasteiger partial charge in [-0.05, 0) is 57.0 Å². The van der Waals surface area contributed by atoms with Gasteiger partial charge in [0.1, 0.15) is 0 Å². The van der Waals surface area contributed by atoms with Crippen LogP contribution in [0, 0.1) is 11.8 Å². The SMILES string of the molecule is CCS(=O)C1CCCC(NC(=NC)NCC(C(C)C)N2CCC(C)CC2)C1. The van der Waals surface area contributed by atoms with E-state index in [9.17, 15) is 4.21 Å². The summed E-state index contributed by atoms with van der Waals surface area (Å²) < 4.78 is 12.2. The minimum Gasteiger partial charge on any atom is -0.355 e. The lowest BCUT2D eigenvalue weighted by atomic mass is 9.94. The van der Waals surface area contributed by atoms with Gasteiger partial charge in [0.2, 0.25) is 0 Å². The molecular formula is C21H42N4OS. The van der Waals surface area contributed by atoms with Gasteiger partial charge in [-0.2, -0.15) is 0 Å². The van der Waals surface area contributed by atoms with Gasteiger partial charge in [0.15, 0.2) is 5.96 Å².